The molecular weight excluding hydrogens is 310 g/mol. The summed E-state index contributed by atoms with van der Waals surface area (Å²) in [4.78, 5) is 1.07. The lowest BCUT2D eigenvalue weighted by atomic mass is 9.91. The topological polar surface area (TPSA) is 101 Å². The molecule has 0 bridgehead atoms. The highest BCUT2D eigenvalue weighted by molar-refractivity contribution is 7.88. The fourth-order valence-electron chi connectivity index (χ4n) is 2.83. The smallest absolute Gasteiger partial charge is 0.211 e. The number of nitrogens with two attached hydrogens (primary N) is 1. The molecule has 3 N–H and O–H groups in total. The third kappa shape index (κ3) is 4.19. The van der Waals surface area contributed by atoms with Crippen molar-refractivity contribution in [3.8, 4) is 0 Å². The molecular formula is C12H23N5O2S2. The molecule has 1 aromatic heterocycles. The van der Waals surface area contributed by atoms with Gasteiger partial charge in [-0.3, -0.25) is 11.3 Å². The number of aryl methyl sites for hydroxylation is 1. The van der Waals surface area contributed by atoms with Crippen molar-refractivity contribution in [1.29, 1.82) is 0 Å². The molecule has 21 heavy (non-hydrogen) atoms. The average Bonchev–Trinajstić information content (AvgIpc) is 2.92. The molecule has 2 unspecified atom stereocenters. The van der Waals surface area contributed by atoms with Crippen LogP contribution in [0.3, 0.4) is 0 Å². The fourth-order valence-corrected chi connectivity index (χ4v) is 4.58. The SMILES string of the molecule is CCc1nnsc1C(CC1CCCN(S(C)(=O)=O)C1)NN. The van der Waals surface area contributed by atoms with E-state index in [9.17, 15) is 8.42 Å². The Bertz CT molecular complexity index is 560. The van der Waals surface area contributed by atoms with Crippen molar-refractivity contribution in [3.05, 3.63) is 10.6 Å². The summed E-state index contributed by atoms with van der Waals surface area (Å²) in [6.45, 7) is 3.24. The summed E-state index contributed by atoms with van der Waals surface area (Å²) in [5.74, 6) is 6.00. The van der Waals surface area contributed by atoms with Crippen LogP contribution in [0, 0.1) is 5.92 Å². The predicted molar refractivity (Wildman–Crippen MR) is 83.1 cm³/mol. The number of piperidine rings is 1. The Morgan fingerprint density at radius 3 is 2.95 bits per heavy atom. The first kappa shape index (κ1) is 16.8. The van der Waals surface area contributed by atoms with E-state index in [0.717, 1.165) is 36.3 Å². The number of aromatic nitrogens is 2. The number of rotatable bonds is 6. The molecule has 2 rings (SSSR count). The molecule has 0 spiro atoms. The molecule has 1 fully saturated rings. The van der Waals surface area contributed by atoms with Crippen molar-refractivity contribution >= 4 is 21.6 Å². The first-order valence-corrected chi connectivity index (χ1v) is 9.80. The van der Waals surface area contributed by atoms with E-state index >= 15 is 0 Å². The van der Waals surface area contributed by atoms with E-state index in [0.29, 0.717) is 19.0 Å². The first-order chi connectivity index (χ1) is 9.95. The summed E-state index contributed by atoms with van der Waals surface area (Å²) in [6, 6.07) is -0.00976. The summed E-state index contributed by atoms with van der Waals surface area (Å²) >= 11 is 1.37. The Labute approximate surface area is 130 Å². The molecule has 2 atom stereocenters. The van der Waals surface area contributed by atoms with E-state index in [2.05, 4.69) is 15.0 Å². The number of nitrogens with one attached hydrogen (secondary N) is 1. The van der Waals surface area contributed by atoms with Crippen LogP contribution in [-0.4, -0.2) is 41.7 Å². The molecule has 2 heterocycles. The molecule has 0 amide bonds. The number of hydrogen-bond donors (Lipinski definition) is 2. The summed E-state index contributed by atoms with van der Waals surface area (Å²) in [5, 5.41) is 4.12. The van der Waals surface area contributed by atoms with Gasteiger partial charge in [-0.05, 0) is 43.1 Å². The third-order valence-corrected chi connectivity index (χ3v) is 6.11. The zero-order valence-corrected chi connectivity index (χ0v) is 14.1. The van der Waals surface area contributed by atoms with Gasteiger partial charge in [-0.1, -0.05) is 11.4 Å². The van der Waals surface area contributed by atoms with Crippen LogP contribution in [0.1, 0.15) is 42.8 Å². The lowest BCUT2D eigenvalue weighted by molar-refractivity contribution is 0.239. The van der Waals surface area contributed by atoms with Gasteiger partial charge in [0.1, 0.15) is 0 Å². The van der Waals surface area contributed by atoms with Gasteiger partial charge in [-0.2, -0.15) is 0 Å². The van der Waals surface area contributed by atoms with Gasteiger partial charge >= 0.3 is 0 Å². The number of hydrazine groups is 1. The van der Waals surface area contributed by atoms with Crippen molar-refractivity contribution in [1.82, 2.24) is 19.3 Å². The van der Waals surface area contributed by atoms with Gasteiger partial charge in [0, 0.05) is 13.1 Å². The maximum atomic E-state index is 11.7. The maximum Gasteiger partial charge on any atom is 0.211 e. The van der Waals surface area contributed by atoms with Crippen LogP contribution in [-0.2, 0) is 16.4 Å². The van der Waals surface area contributed by atoms with E-state index in [4.69, 9.17) is 5.84 Å². The second-order valence-electron chi connectivity index (χ2n) is 5.52. The quantitative estimate of drug-likeness (QED) is 0.586. The van der Waals surface area contributed by atoms with Crippen LogP contribution in [0.15, 0.2) is 0 Å². The Morgan fingerprint density at radius 2 is 2.33 bits per heavy atom. The molecule has 9 heteroatoms. The Balaban J connectivity index is 2.05. The molecule has 0 aromatic carbocycles. The van der Waals surface area contributed by atoms with Crippen molar-refractivity contribution in [2.45, 2.75) is 38.6 Å². The van der Waals surface area contributed by atoms with Gasteiger partial charge in [0.05, 0.1) is 22.9 Å². The van der Waals surface area contributed by atoms with Crippen molar-refractivity contribution < 1.29 is 8.42 Å². The molecule has 120 valence electrons. The third-order valence-electron chi connectivity index (χ3n) is 3.96. The highest BCUT2D eigenvalue weighted by Gasteiger charge is 2.29. The Hall–Kier alpha value is -0.610. The molecule has 1 aromatic rings. The number of sulfonamides is 1. The van der Waals surface area contributed by atoms with Crippen molar-refractivity contribution in [2.24, 2.45) is 11.8 Å². The zero-order valence-electron chi connectivity index (χ0n) is 12.4. The summed E-state index contributed by atoms with van der Waals surface area (Å²) in [7, 11) is -3.11. The minimum Gasteiger partial charge on any atom is -0.271 e. The Morgan fingerprint density at radius 1 is 1.57 bits per heavy atom. The standard InChI is InChI=1S/C12H23N5O2S2/c1-3-10-12(20-16-15-10)11(14-13)7-9-5-4-6-17(8-9)21(2,18)19/h9,11,14H,3-8,13H2,1-2H3. The van der Waals surface area contributed by atoms with Crippen LogP contribution in [0.5, 0.6) is 0 Å². The van der Waals surface area contributed by atoms with E-state index < -0.39 is 10.0 Å². The van der Waals surface area contributed by atoms with Gasteiger partial charge in [0.15, 0.2) is 0 Å². The predicted octanol–water partition coefficient (Wildman–Crippen LogP) is 0.667. The van der Waals surface area contributed by atoms with Gasteiger partial charge in [-0.25, -0.2) is 12.7 Å². The molecule has 1 aliphatic rings. The lowest BCUT2D eigenvalue weighted by Crippen LogP contribution is -2.41. The number of nitrogens with zero attached hydrogens (tertiary/aromatic N) is 3. The number of hydrogen-bond acceptors (Lipinski definition) is 7. The van der Waals surface area contributed by atoms with Crippen LogP contribution in [0.2, 0.25) is 0 Å². The van der Waals surface area contributed by atoms with Crippen LogP contribution in [0.25, 0.3) is 0 Å². The van der Waals surface area contributed by atoms with Gasteiger partial charge < -0.3 is 0 Å². The molecule has 1 aliphatic heterocycles. The average molecular weight is 333 g/mol. The zero-order chi connectivity index (χ0) is 15.5. The molecule has 0 radical (unpaired) electrons. The van der Waals surface area contributed by atoms with Gasteiger partial charge in [-0.15, -0.1) is 5.10 Å². The summed E-state index contributed by atoms with van der Waals surface area (Å²) in [5.41, 5.74) is 3.81. The summed E-state index contributed by atoms with van der Waals surface area (Å²) < 4.78 is 28.9. The van der Waals surface area contributed by atoms with Crippen molar-refractivity contribution in [3.63, 3.8) is 0 Å². The second kappa shape index (κ2) is 7.10. The van der Waals surface area contributed by atoms with E-state index in [-0.39, 0.29) is 6.04 Å². The van der Waals surface area contributed by atoms with Crippen molar-refractivity contribution in [2.75, 3.05) is 19.3 Å². The monoisotopic (exact) mass is 333 g/mol. The van der Waals surface area contributed by atoms with E-state index in [1.807, 2.05) is 6.92 Å². The van der Waals surface area contributed by atoms with Gasteiger partial charge in [0.2, 0.25) is 10.0 Å². The molecule has 1 saturated heterocycles. The molecule has 7 nitrogen and oxygen atoms in total. The largest absolute Gasteiger partial charge is 0.271 e. The van der Waals surface area contributed by atoms with E-state index in [1.165, 1.54) is 17.8 Å². The lowest BCUT2D eigenvalue weighted by Gasteiger charge is -2.32. The van der Waals surface area contributed by atoms with Crippen LogP contribution < -0.4 is 11.3 Å². The van der Waals surface area contributed by atoms with Crippen LogP contribution >= 0.6 is 11.5 Å². The normalized spacial score (nSPS) is 22.3. The summed E-state index contributed by atoms with van der Waals surface area (Å²) in [6.07, 6.45) is 4.83. The fraction of sp³-hybridized carbons (Fsp3) is 0.833. The molecule has 0 aliphatic carbocycles. The first-order valence-electron chi connectivity index (χ1n) is 7.18. The Kier molecular flexibility index (Phi) is 5.67. The molecule has 0 saturated carbocycles. The maximum absolute atomic E-state index is 11.7. The minimum atomic E-state index is -3.11. The second-order valence-corrected chi connectivity index (χ2v) is 8.29. The van der Waals surface area contributed by atoms with Crippen LogP contribution in [0.4, 0.5) is 0 Å². The van der Waals surface area contributed by atoms with Gasteiger partial charge in [0.25, 0.3) is 0 Å². The minimum absolute atomic E-state index is 0.00976. The highest BCUT2D eigenvalue weighted by atomic mass is 32.2. The highest BCUT2D eigenvalue weighted by Crippen LogP contribution is 2.30. The van der Waals surface area contributed by atoms with E-state index in [1.54, 1.807) is 4.31 Å².